The van der Waals surface area contributed by atoms with Crippen molar-refractivity contribution in [2.24, 2.45) is 0 Å². The molecule has 0 saturated heterocycles. The Morgan fingerprint density at radius 1 is 0.774 bits per heavy atom. The lowest BCUT2D eigenvalue weighted by molar-refractivity contribution is 0.503. The molecule has 0 aromatic heterocycles. The van der Waals surface area contributed by atoms with Gasteiger partial charge in [-0.15, -0.1) is 10.3 Å². The number of hydrogen-bond donors (Lipinski definition) is 0. The highest BCUT2D eigenvalue weighted by molar-refractivity contribution is 8.32. The lowest BCUT2D eigenvalue weighted by Crippen LogP contribution is -2.22. The molecule has 3 nitrogen and oxygen atoms in total. The van der Waals surface area contributed by atoms with Crippen LogP contribution in [0.25, 0.3) is 0 Å². The predicted molar refractivity (Wildman–Crippen MR) is 139 cm³/mol. The summed E-state index contributed by atoms with van der Waals surface area (Å²) in [6.45, 7) is 8.45. The molecule has 0 heterocycles. The molecule has 0 radical (unpaired) electrons. The zero-order valence-corrected chi connectivity index (χ0v) is 22.5. The summed E-state index contributed by atoms with van der Waals surface area (Å²) < 4.78 is 31.5. The predicted octanol–water partition coefficient (Wildman–Crippen LogP) is 8.55. The summed E-state index contributed by atoms with van der Waals surface area (Å²) in [7, 11) is -5.38. The van der Waals surface area contributed by atoms with Gasteiger partial charge in [0.25, 0.3) is 0 Å². The number of unbranched alkanes of at least 4 members (excludes halogenated alkanes) is 11. The SMILES string of the molecule is CCCCCCCCCCCCCCC(C)S(C)(CC)OS(=O)(=O)c1ccc(C)cc1. The molecule has 0 aliphatic carbocycles. The number of benzene rings is 1. The van der Waals surface area contributed by atoms with E-state index in [0.29, 0.717) is 0 Å². The fraction of sp³-hybridized carbons (Fsp3) is 0.769. The lowest BCUT2D eigenvalue weighted by Gasteiger charge is -2.39. The molecule has 0 amide bonds. The number of aryl methyl sites for hydroxylation is 1. The van der Waals surface area contributed by atoms with Crippen LogP contribution in [-0.2, 0) is 13.7 Å². The summed E-state index contributed by atoms with van der Waals surface area (Å²) in [6.07, 6.45) is 19.2. The first-order valence-corrected chi connectivity index (χ1v) is 16.1. The van der Waals surface area contributed by atoms with Gasteiger partial charge in [-0.25, -0.2) is 3.63 Å². The lowest BCUT2D eigenvalue weighted by atomic mass is 10.0. The van der Waals surface area contributed by atoms with Gasteiger partial charge in [0.1, 0.15) is 0 Å². The van der Waals surface area contributed by atoms with Crippen LogP contribution in [0.1, 0.15) is 110 Å². The molecule has 1 aromatic rings. The summed E-state index contributed by atoms with van der Waals surface area (Å²) >= 11 is 0. The molecule has 0 saturated carbocycles. The molecule has 31 heavy (non-hydrogen) atoms. The maximum atomic E-state index is 12.8. The molecule has 2 atom stereocenters. The zero-order valence-electron chi connectivity index (χ0n) is 20.8. The Balaban J connectivity index is 2.29. The second-order valence-electron chi connectivity index (χ2n) is 9.18. The average Bonchev–Trinajstić information content (AvgIpc) is 2.74. The standard InChI is InChI=1S/C26H48O3S2/c1-6-8-9-10-11-12-13-14-15-16-17-18-19-25(4)30(5,7-2)29-31(27,28)26-22-20-24(3)21-23-26/h20-23,25H,6-19H2,1-5H3. The Labute approximate surface area is 195 Å². The van der Waals surface area contributed by atoms with E-state index < -0.39 is 20.4 Å². The van der Waals surface area contributed by atoms with Gasteiger partial charge in [0.15, 0.2) is 0 Å². The molecule has 5 heteroatoms. The Bertz CT molecular complexity index is 685. The summed E-state index contributed by atoms with van der Waals surface area (Å²) in [5.41, 5.74) is 1.05. The van der Waals surface area contributed by atoms with E-state index in [1.54, 1.807) is 12.1 Å². The number of rotatable bonds is 18. The van der Waals surface area contributed by atoms with Crippen LogP contribution in [0.3, 0.4) is 0 Å². The average molecular weight is 473 g/mol. The molecule has 2 unspecified atom stereocenters. The zero-order chi connectivity index (χ0) is 23.2. The molecule has 0 aliphatic rings. The smallest absolute Gasteiger partial charge is 0.216 e. The summed E-state index contributed by atoms with van der Waals surface area (Å²) in [6, 6.07) is 6.95. The van der Waals surface area contributed by atoms with Gasteiger partial charge in [0.2, 0.25) is 0 Å². The fourth-order valence-corrected chi connectivity index (χ4v) is 8.45. The molecule has 0 fully saturated rings. The van der Waals surface area contributed by atoms with E-state index in [9.17, 15) is 8.42 Å². The third-order valence-electron chi connectivity index (χ3n) is 6.44. The molecule has 0 spiro atoms. The minimum atomic E-state index is -3.71. The van der Waals surface area contributed by atoms with E-state index in [1.807, 2.05) is 25.3 Å². The van der Waals surface area contributed by atoms with Crippen molar-refractivity contribution in [3.8, 4) is 0 Å². The van der Waals surface area contributed by atoms with Gasteiger partial charge in [-0.05, 0) is 37.5 Å². The third-order valence-corrected chi connectivity index (χ3v) is 12.3. The van der Waals surface area contributed by atoms with Crippen LogP contribution in [0.2, 0.25) is 0 Å². The Morgan fingerprint density at radius 2 is 1.23 bits per heavy atom. The summed E-state index contributed by atoms with van der Waals surface area (Å²) in [4.78, 5) is 0.267. The second kappa shape index (κ2) is 15.3. The summed E-state index contributed by atoms with van der Waals surface area (Å²) in [5, 5.41) is 0.279. The van der Waals surface area contributed by atoms with Crippen LogP contribution < -0.4 is 0 Å². The van der Waals surface area contributed by atoms with Gasteiger partial charge in [-0.1, -0.05) is 116 Å². The van der Waals surface area contributed by atoms with E-state index in [-0.39, 0.29) is 10.1 Å². The normalized spacial score (nSPS) is 16.0. The first-order valence-electron chi connectivity index (χ1n) is 12.5. The first-order chi connectivity index (χ1) is 14.7. The van der Waals surface area contributed by atoms with Gasteiger partial charge < -0.3 is 0 Å². The third kappa shape index (κ3) is 11.3. The van der Waals surface area contributed by atoms with E-state index in [0.717, 1.165) is 24.2 Å². The van der Waals surface area contributed by atoms with Gasteiger partial charge in [-0.2, -0.15) is 8.42 Å². The quantitative estimate of drug-likeness (QED) is 0.201. The van der Waals surface area contributed by atoms with Crippen LogP contribution in [0, 0.1) is 6.92 Å². The highest BCUT2D eigenvalue weighted by Gasteiger charge is 2.31. The molecule has 0 aliphatic heterocycles. The van der Waals surface area contributed by atoms with Crippen LogP contribution >= 0.6 is 10.3 Å². The Kier molecular flexibility index (Phi) is 14.1. The maximum absolute atomic E-state index is 12.8. The first kappa shape index (κ1) is 28.5. The van der Waals surface area contributed by atoms with Crippen LogP contribution in [0.15, 0.2) is 29.2 Å². The van der Waals surface area contributed by atoms with E-state index in [4.69, 9.17) is 3.63 Å². The van der Waals surface area contributed by atoms with E-state index >= 15 is 0 Å². The Morgan fingerprint density at radius 3 is 1.68 bits per heavy atom. The van der Waals surface area contributed by atoms with Gasteiger partial charge in [0, 0.05) is 5.25 Å². The van der Waals surface area contributed by atoms with E-state index in [1.165, 1.54) is 70.6 Å². The van der Waals surface area contributed by atoms with Crippen molar-refractivity contribution in [2.45, 2.75) is 121 Å². The van der Waals surface area contributed by atoms with E-state index in [2.05, 4.69) is 20.8 Å². The molecule has 0 N–H and O–H groups in total. The van der Waals surface area contributed by atoms with Crippen molar-refractivity contribution >= 4 is 20.4 Å². The monoisotopic (exact) mass is 472 g/mol. The maximum Gasteiger partial charge on any atom is 0.306 e. The minimum Gasteiger partial charge on any atom is -0.216 e. The summed E-state index contributed by atoms with van der Waals surface area (Å²) in [5.74, 6) is 0.761. The highest BCUT2D eigenvalue weighted by Crippen LogP contribution is 2.53. The molecule has 0 bridgehead atoms. The molecular weight excluding hydrogens is 424 g/mol. The molecule has 1 rings (SSSR count). The largest absolute Gasteiger partial charge is 0.306 e. The van der Waals surface area contributed by atoms with Crippen molar-refractivity contribution in [1.29, 1.82) is 0 Å². The van der Waals surface area contributed by atoms with Crippen molar-refractivity contribution in [2.75, 3.05) is 12.0 Å². The second-order valence-corrected chi connectivity index (χ2v) is 14.6. The highest BCUT2D eigenvalue weighted by atomic mass is 32.3. The van der Waals surface area contributed by atoms with Gasteiger partial charge in [0.05, 0.1) is 4.90 Å². The minimum absolute atomic E-state index is 0.267. The van der Waals surface area contributed by atoms with Gasteiger partial charge in [-0.3, -0.25) is 0 Å². The van der Waals surface area contributed by atoms with Crippen LogP contribution in [0.4, 0.5) is 0 Å². The molecule has 1 aromatic carbocycles. The van der Waals surface area contributed by atoms with Gasteiger partial charge >= 0.3 is 10.1 Å². The van der Waals surface area contributed by atoms with Crippen LogP contribution in [-0.4, -0.2) is 25.7 Å². The van der Waals surface area contributed by atoms with Crippen molar-refractivity contribution < 1.29 is 12.0 Å². The molecule has 182 valence electrons. The van der Waals surface area contributed by atoms with Crippen molar-refractivity contribution in [3.05, 3.63) is 29.8 Å². The fourth-order valence-electron chi connectivity index (χ4n) is 3.87. The van der Waals surface area contributed by atoms with Crippen LogP contribution in [0.5, 0.6) is 0 Å². The van der Waals surface area contributed by atoms with Crippen molar-refractivity contribution in [1.82, 2.24) is 0 Å². The number of hydrogen-bond acceptors (Lipinski definition) is 3. The molecular formula is C26H48O3S2. The topological polar surface area (TPSA) is 43.4 Å². The Hall–Kier alpha value is -0.520. The van der Waals surface area contributed by atoms with Crippen molar-refractivity contribution in [3.63, 3.8) is 0 Å².